The Balaban J connectivity index is 1.71. The van der Waals surface area contributed by atoms with Crippen LogP contribution in [0.1, 0.15) is 34.3 Å². The maximum absolute atomic E-state index is 12.3. The molecule has 0 heterocycles. The van der Waals surface area contributed by atoms with E-state index in [0.29, 0.717) is 17.0 Å². The van der Waals surface area contributed by atoms with Crippen LogP contribution in [0.4, 0.5) is 10.5 Å². The van der Waals surface area contributed by atoms with Gasteiger partial charge in [-0.3, -0.25) is 19.7 Å². The topological polar surface area (TPSA) is 111 Å². The van der Waals surface area contributed by atoms with Crippen molar-refractivity contribution in [2.45, 2.75) is 26.7 Å². The summed E-state index contributed by atoms with van der Waals surface area (Å²) in [7, 11) is 1.52. The first-order valence-corrected chi connectivity index (χ1v) is 9.29. The number of aryl methyl sites for hydroxylation is 2. The number of amides is 3. The molecule has 0 aliphatic carbocycles. The summed E-state index contributed by atoms with van der Waals surface area (Å²) < 4.78 is 9.84. The summed E-state index contributed by atoms with van der Waals surface area (Å²) >= 11 is 0. The van der Waals surface area contributed by atoms with E-state index in [2.05, 4.69) is 10.6 Å². The molecule has 158 valence electrons. The molecule has 8 nitrogen and oxygen atoms in total. The van der Waals surface area contributed by atoms with E-state index in [-0.39, 0.29) is 18.6 Å². The van der Waals surface area contributed by atoms with Gasteiger partial charge in [-0.15, -0.1) is 0 Å². The summed E-state index contributed by atoms with van der Waals surface area (Å²) in [6, 6.07) is 11.3. The standard InChI is InChI=1S/C22H24N2O6/c1-14-4-5-15(2)18(12-14)19(25)10-11-21(27)30-13-20(26)24-22(28)23-16-6-8-17(29-3)9-7-16/h4-9,12H,10-11,13H2,1-3H3,(H2,23,24,26,28). The highest BCUT2D eigenvalue weighted by atomic mass is 16.5. The number of hydrogen-bond acceptors (Lipinski definition) is 6. The number of benzene rings is 2. The Morgan fingerprint density at radius 3 is 2.30 bits per heavy atom. The second kappa shape index (κ2) is 10.8. The third-order valence-electron chi connectivity index (χ3n) is 4.21. The highest BCUT2D eigenvalue weighted by Gasteiger charge is 2.15. The van der Waals surface area contributed by atoms with E-state index in [4.69, 9.17) is 9.47 Å². The monoisotopic (exact) mass is 412 g/mol. The molecule has 0 unspecified atom stereocenters. The molecule has 2 N–H and O–H groups in total. The van der Waals surface area contributed by atoms with Gasteiger partial charge in [-0.25, -0.2) is 4.79 Å². The smallest absolute Gasteiger partial charge is 0.325 e. The Labute approximate surface area is 174 Å². The minimum absolute atomic E-state index is 0.0251. The molecule has 0 saturated carbocycles. The quantitative estimate of drug-likeness (QED) is 0.509. The van der Waals surface area contributed by atoms with Crippen LogP contribution in [0.3, 0.4) is 0 Å². The average molecular weight is 412 g/mol. The predicted molar refractivity (Wildman–Crippen MR) is 111 cm³/mol. The van der Waals surface area contributed by atoms with Gasteiger partial charge in [0.15, 0.2) is 12.4 Å². The van der Waals surface area contributed by atoms with Crippen LogP contribution in [0, 0.1) is 13.8 Å². The molecule has 8 heteroatoms. The molecule has 3 amide bonds. The largest absolute Gasteiger partial charge is 0.497 e. The fourth-order valence-electron chi connectivity index (χ4n) is 2.60. The summed E-state index contributed by atoms with van der Waals surface area (Å²) in [4.78, 5) is 47.6. The average Bonchev–Trinajstić information content (AvgIpc) is 2.72. The number of carbonyl (C=O) groups is 4. The van der Waals surface area contributed by atoms with Crippen LogP contribution in [0.5, 0.6) is 5.75 Å². The van der Waals surface area contributed by atoms with Crippen LogP contribution in [0.2, 0.25) is 0 Å². The molecule has 0 spiro atoms. The highest BCUT2D eigenvalue weighted by Crippen LogP contribution is 2.15. The normalized spacial score (nSPS) is 10.1. The van der Waals surface area contributed by atoms with E-state index in [1.165, 1.54) is 7.11 Å². The summed E-state index contributed by atoms with van der Waals surface area (Å²) in [6.45, 7) is 3.09. The Bertz CT molecular complexity index is 937. The number of rotatable bonds is 8. The number of imide groups is 1. The molecule has 0 bridgehead atoms. The van der Waals surface area contributed by atoms with Crippen LogP contribution in [0.15, 0.2) is 42.5 Å². The van der Waals surface area contributed by atoms with E-state index < -0.39 is 24.5 Å². The zero-order valence-corrected chi connectivity index (χ0v) is 17.1. The summed E-state index contributed by atoms with van der Waals surface area (Å²) in [5, 5.41) is 4.52. The zero-order valence-electron chi connectivity index (χ0n) is 17.1. The van der Waals surface area contributed by atoms with Gasteiger partial charge in [0.1, 0.15) is 5.75 Å². The first kappa shape index (κ1) is 22.6. The van der Waals surface area contributed by atoms with Crippen LogP contribution in [-0.2, 0) is 14.3 Å². The lowest BCUT2D eigenvalue weighted by molar-refractivity contribution is -0.148. The van der Waals surface area contributed by atoms with Crippen molar-refractivity contribution in [2.75, 3.05) is 19.0 Å². The fourth-order valence-corrected chi connectivity index (χ4v) is 2.60. The summed E-state index contributed by atoms with van der Waals surface area (Å²) in [5.41, 5.74) is 2.82. The molecule has 0 aromatic heterocycles. The van der Waals surface area contributed by atoms with Gasteiger partial charge in [-0.2, -0.15) is 0 Å². The van der Waals surface area contributed by atoms with Gasteiger partial charge in [0.25, 0.3) is 5.91 Å². The maximum atomic E-state index is 12.3. The Hall–Kier alpha value is -3.68. The summed E-state index contributed by atoms with van der Waals surface area (Å²) in [6.07, 6.45) is -0.180. The lowest BCUT2D eigenvalue weighted by Crippen LogP contribution is -2.37. The van der Waals surface area contributed by atoms with Crippen molar-refractivity contribution in [2.24, 2.45) is 0 Å². The van der Waals surface area contributed by atoms with Gasteiger partial charge < -0.3 is 14.8 Å². The van der Waals surface area contributed by atoms with E-state index >= 15 is 0 Å². The van der Waals surface area contributed by atoms with Crippen LogP contribution < -0.4 is 15.4 Å². The van der Waals surface area contributed by atoms with Crippen molar-refractivity contribution in [3.05, 3.63) is 59.2 Å². The molecular weight excluding hydrogens is 388 g/mol. The molecule has 0 aliphatic rings. The number of methoxy groups -OCH3 is 1. The maximum Gasteiger partial charge on any atom is 0.325 e. The third-order valence-corrected chi connectivity index (χ3v) is 4.21. The lowest BCUT2D eigenvalue weighted by atomic mass is 9.99. The molecular formula is C22H24N2O6. The molecule has 0 saturated heterocycles. The molecule has 0 aliphatic heterocycles. The number of hydrogen-bond donors (Lipinski definition) is 2. The van der Waals surface area contributed by atoms with Crippen molar-refractivity contribution in [1.29, 1.82) is 0 Å². The number of anilines is 1. The number of Topliss-reactive ketones (excluding diaryl/α,β-unsaturated/α-hetero) is 1. The van der Waals surface area contributed by atoms with Gasteiger partial charge in [0.2, 0.25) is 0 Å². The molecule has 2 aromatic carbocycles. The number of ether oxygens (including phenoxy) is 2. The highest BCUT2D eigenvalue weighted by molar-refractivity contribution is 6.02. The number of carbonyl (C=O) groups excluding carboxylic acids is 4. The van der Waals surface area contributed by atoms with Gasteiger partial charge in [-0.1, -0.05) is 17.7 Å². The van der Waals surface area contributed by atoms with Gasteiger partial charge >= 0.3 is 12.0 Å². The van der Waals surface area contributed by atoms with E-state index in [9.17, 15) is 19.2 Å². The van der Waals surface area contributed by atoms with Crippen molar-refractivity contribution in [3.8, 4) is 5.75 Å². The molecule has 0 radical (unpaired) electrons. The van der Waals surface area contributed by atoms with Crippen LogP contribution >= 0.6 is 0 Å². The van der Waals surface area contributed by atoms with E-state index in [1.54, 1.807) is 30.3 Å². The third kappa shape index (κ3) is 7.05. The minimum Gasteiger partial charge on any atom is -0.497 e. The predicted octanol–water partition coefficient (Wildman–Crippen LogP) is 3.17. The van der Waals surface area contributed by atoms with Gasteiger partial charge in [0, 0.05) is 17.7 Å². The number of ketones is 1. The lowest BCUT2D eigenvalue weighted by Gasteiger charge is -2.08. The first-order chi connectivity index (χ1) is 14.3. The van der Waals surface area contributed by atoms with Gasteiger partial charge in [0.05, 0.1) is 13.5 Å². The molecule has 0 atom stereocenters. The number of urea groups is 1. The summed E-state index contributed by atoms with van der Waals surface area (Å²) in [5.74, 6) is -1.02. The van der Waals surface area contributed by atoms with Gasteiger partial charge in [-0.05, 0) is 49.7 Å². The van der Waals surface area contributed by atoms with Crippen molar-refractivity contribution < 1.29 is 28.7 Å². The number of esters is 1. The van der Waals surface area contributed by atoms with E-state index in [0.717, 1.165) is 11.1 Å². The Morgan fingerprint density at radius 1 is 0.933 bits per heavy atom. The molecule has 30 heavy (non-hydrogen) atoms. The Morgan fingerprint density at radius 2 is 1.63 bits per heavy atom. The SMILES string of the molecule is COc1ccc(NC(=O)NC(=O)COC(=O)CCC(=O)c2cc(C)ccc2C)cc1. The van der Waals surface area contributed by atoms with E-state index in [1.807, 2.05) is 26.0 Å². The zero-order chi connectivity index (χ0) is 22.1. The molecule has 0 fully saturated rings. The first-order valence-electron chi connectivity index (χ1n) is 9.29. The van der Waals surface area contributed by atoms with Crippen LogP contribution in [0.25, 0.3) is 0 Å². The van der Waals surface area contributed by atoms with Crippen molar-refractivity contribution in [3.63, 3.8) is 0 Å². The minimum atomic E-state index is -0.782. The number of nitrogens with one attached hydrogen (secondary N) is 2. The van der Waals surface area contributed by atoms with Crippen LogP contribution in [-0.4, -0.2) is 37.4 Å². The van der Waals surface area contributed by atoms with Crippen molar-refractivity contribution >= 4 is 29.4 Å². The van der Waals surface area contributed by atoms with Crippen molar-refractivity contribution in [1.82, 2.24) is 5.32 Å². The Kier molecular flexibility index (Phi) is 8.10. The molecule has 2 rings (SSSR count). The second-order valence-electron chi connectivity index (χ2n) is 6.63. The second-order valence-corrected chi connectivity index (χ2v) is 6.63. The molecule has 2 aromatic rings. The fraction of sp³-hybridized carbons (Fsp3) is 0.273.